The molecule has 0 atom stereocenters. The summed E-state index contributed by atoms with van der Waals surface area (Å²) in [5, 5.41) is 12.1. The second-order valence-electron chi connectivity index (χ2n) is 7.25. The maximum Gasteiger partial charge on any atom is 0.317 e. The Morgan fingerprint density at radius 2 is 1.62 bits per heavy atom. The number of carbonyl (C=O) groups is 2. The van der Waals surface area contributed by atoms with E-state index in [1.807, 2.05) is 4.90 Å². The van der Waals surface area contributed by atoms with Gasteiger partial charge in [-0.3, -0.25) is 4.79 Å². The van der Waals surface area contributed by atoms with E-state index in [1.165, 1.54) is 32.1 Å². The Bertz CT molecular complexity index is 402. The summed E-state index contributed by atoms with van der Waals surface area (Å²) >= 11 is 0. The summed E-state index contributed by atoms with van der Waals surface area (Å²) in [7, 11) is 0. The molecule has 5 nitrogen and oxygen atoms in total. The van der Waals surface area contributed by atoms with E-state index in [2.05, 4.69) is 5.32 Å². The summed E-state index contributed by atoms with van der Waals surface area (Å²) in [6, 6.07) is 0.223. The number of amides is 2. The Morgan fingerprint density at radius 1 is 1.00 bits per heavy atom. The molecule has 21 heavy (non-hydrogen) atoms. The zero-order chi connectivity index (χ0) is 14.9. The van der Waals surface area contributed by atoms with Gasteiger partial charge in [0.05, 0.1) is 5.92 Å². The fraction of sp³-hybridized carbons (Fsp3) is 0.875. The minimum absolute atomic E-state index is 0.0602. The van der Waals surface area contributed by atoms with E-state index in [0.717, 1.165) is 25.9 Å². The summed E-state index contributed by atoms with van der Waals surface area (Å²) in [4.78, 5) is 25.1. The fourth-order valence-corrected chi connectivity index (χ4v) is 4.28. The number of likely N-dealkylation sites (tertiary alicyclic amines) is 1. The van der Waals surface area contributed by atoms with E-state index in [-0.39, 0.29) is 18.0 Å². The SMILES string of the molecule is O=C(O)C1CCC(NC(=O)N2CC3(CCCCC3)C2)CC1. The first-order valence-electron chi connectivity index (χ1n) is 8.36. The number of aliphatic carboxylic acids is 1. The third kappa shape index (κ3) is 3.16. The summed E-state index contributed by atoms with van der Waals surface area (Å²) < 4.78 is 0. The summed E-state index contributed by atoms with van der Waals surface area (Å²) in [5.74, 6) is -0.908. The van der Waals surface area contributed by atoms with E-state index in [0.29, 0.717) is 18.3 Å². The van der Waals surface area contributed by atoms with Gasteiger partial charge in [-0.2, -0.15) is 0 Å². The molecule has 1 saturated heterocycles. The molecular formula is C16H26N2O3. The van der Waals surface area contributed by atoms with E-state index < -0.39 is 5.97 Å². The number of rotatable bonds is 2. The van der Waals surface area contributed by atoms with Crippen LogP contribution in [0.4, 0.5) is 4.79 Å². The van der Waals surface area contributed by atoms with Crippen LogP contribution in [0, 0.1) is 11.3 Å². The van der Waals surface area contributed by atoms with Gasteiger partial charge in [0.2, 0.25) is 0 Å². The van der Waals surface area contributed by atoms with Gasteiger partial charge < -0.3 is 15.3 Å². The van der Waals surface area contributed by atoms with Gasteiger partial charge in [0.1, 0.15) is 0 Å². The Morgan fingerprint density at radius 3 is 2.19 bits per heavy atom. The molecule has 2 aliphatic carbocycles. The average Bonchev–Trinajstić information content (AvgIpc) is 2.46. The van der Waals surface area contributed by atoms with Gasteiger partial charge in [-0.25, -0.2) is 4.79 Å². The van der Waals surface area contributed by atoms with Crippen LogP contribution in [-0.4, -0.2) is 41.1 Å². The molecule has 0 unspecified atom stereocenters. The number of nitrogens with zero attached hydrogens (tertiary/aromatic N) is 1. The van der Waals surface area contributed by atoms with E-state index >= 15 is 0 Å². The molecule has 2 N–H and O–H groups in total. The Balaban J connectivity index is 1.41. The molecule has 3 aliphatic rings. The molecule has 0 radical (unpaired) electrons. The maximum atomic E-state index is 12.2. The lowest BCUT2D eigenvalue weighted by atomic mass is 9.69. The van der Waals surface area contributed by atoms with E-state index in [1.54, 1.807) is 0 Å². The molecule has 0 aromatic heterocycles. The zero-order valence-corrected chi connectivity index (χ0v) is 12.6. The van der Waals surface area contributed by atoms with Gasteiger partial charge >= 0.3 is 12.0 Å². The Kier molecular flexibility index (Phi) is 4.09. The molecule has 0 bridgehead atoms. The highest BCUT2D eigenvalue weighted by atomic mass is 16.4. The predicted octanol–water partition coefficient (Wildman–Crippen LogP) is 2.61. The van der Waals surface area contributed by atoms with Crippen LogP contribution < -0.4 is 5.32 Å². The fourth-order valence-electron chi connectivity index (χ4n) is 4.28. The lowest BCUT2D eigenvalue weighted by Crippen LogP contribution is -2.62. The third-order valence-electron chi connectivity index (χ3n) is 5.66. The second-order valence-corrected chi connectivity index (χ2v) is 7.25. The highest BCUT2D eigenvalue weighted by Gasteiger charge is 2.45. The molecule has 2 saturated carbocycles. The molecule has 118 valence electrons. The van der Waals surface area contributed by atoms with Crippen molar-refractivity contribution in [2.45, 2.75) is 63.8 Å². The van der Waals surface area contributed by atoms with Crippen LogP contribution in [-0.2, 0) is 4.79 Å². The summed E-state index contributed by atoms with van der Waals surface area (Å²) in [6.07, 6.45) is 9.49. The Hall–Kier alpha value is -1.26. The predicted molar refractivity (Wildman–Crippen MR) is 79.0 cm³/mol. The molecule has 1 spiro atoms. The van der Waals surface area contributed by atoms with Crippen molar-refractivity contribution in [3.8, 4) is 0 Å². The van der Waals surface area contributed by atoms with E-state index in [4.69, 9.17) is 5.11 Å². The smallest absolute Gasteiger partial charge is 0.317 e. The van der Waals surface area contributed by atoms with Crippen LogP contribution in [0.2, 0.25) is 0 Å². The first-order valence-corrected chi connectivity index (χ1v) is 8.36. The van der Waals surface area contributed by atoms with Crippen LogP contribution in [0.3, 0.4) is 0 Å². The lowest BCUT2D eigenvalue weighted by molar-refractivity contribution is -0.142. The molecule has 3 fully saturated rings. The number of carbonyl (C=O) groups excluding carboxylic acids is 1. The van der Waals surface area contributed by atoms with Crippen LogP contribution in [0.1, 0.15) is 57.8 Å². The molecule has 2 amide bonds. The molecule has 5 heteroatoms. The van der Waals surface area contributed by atoms with Crippen molar-refractivity contribution in [2.24, 2.45) is 11.3 Å². The second kappa shape index (κ2) is 5.85. The topological polar surface area (TPSA) is 69.6 Å². The van der Waals surface area contributed by atoms with Crippen LogP contribution in [0.25, 0.3) is 0 Å². The molecule has 0 aromatic carbocycles. The van der Waals surface area contributed by atoms with Crippen molar-refractivity contribution in [3.63, 3.8) is 0 Å². The van der Waals surface area contributed by atoms with Gasteiger partial charge in [0, 0.05) is 24.5 Å². The van der Waals surface area contributed by atoms with Gasteiger partial charge in [-0.1, -0.05) is 19.3 Å². The number of hydrogen-bond donors (Lipinski definition) is 2. The molecular weight excluding hydrogens is 268 g/mol. The van der Waals surface area contributed by atoms with Crippen LogP contribution >= 0.6 is 0 Å². The Labute approximate surface area is 126 Å². The largest absolute Gasteiger partial charge is 0.481 e. The maximum absolute atomic E-state index is 12.2. The minimum atomic E-state index is -0.693. The summed E-state index contributed by atoms with van der Waals surface area (Å²) in [6.45, 7) is 1.84. The number of carboxylic acid groups (broad SMARTS) is 1. The first-order chi connectivity index (χ1) is 10.1. The normalized spacial score (nSPS) is 31.5. The number of carboxylic acids is 1. The quantitative estimate of drug-likeness (QED) is 0.822. The van der Waals surface area contributed by atoms with Gasteiger partial charge in [0.15, 0.2) is 0 Å². The number of hydrogen-bond acceptors (Lipinski definition) is 2. The summed E-state index contributed by atoms with van der Waals surface area (Å²) in [5.41, 5.74) is 0.427. The van der Waals surface area contributed by atoms with Crippen molar-refractivity contribution in [1.29, 1.82) is 0 Å². The van der Waals surface area contributed by atoms with Crippen LogP contribution in [0.5, 0.6) is 0 Å². The number of nitrogens with one attached hydrogen (secondary N) is 1. The van der Waals surface area contributed by atoms with Crippen molar-refractivity contribution >= 4 is 12.0 Å². The van der Waals surface area contributed by atoms with Gasteiger partial charge in [-0.05, 0) is 38.5 Å². The van der Waals surface area contributed by atoms with Gasteiger partial charge in [-0.15, -0.1) is 0 Å². The molecule has 1 heterocycles. The highest BCUT2D eigenvalue weighted by Crippen LogP contribution is 2.43. The molecule has 1 aliphatic heterocycles. The lowest BCUT2D eigenvalue weighted by Gasteiger charge is -2.52. The third-order valence-corrected chi connectivity index (χ3v) is 5.66. The number of urea groups is 1. The molecule has 3 rings (SSSR count). The van der Waals surface area contributed by atoms with Gasteiger partial charge in [0.25, 0.3) is 0 Å². The average molecular weight is 294 g/mol. The highest BCUT2D eigenvalue weighted by molar-refractivity contribution is 5.76. The van der Waals surface area contributed by atoms with Crippen molar-refractivity contribution < 1.29 is 14.7 Å². The minimum Gasteiger partial charge on any atom is -0.481 e. The van der Waals surface area contributed by atoms with Crippen molar-refractivity contribution in [1.82, 2.24) is 10.2 Å². The van der Waals surface area contributed by atoms with E-state index in [9.17, 15) is 9.59 Å². The zero-order valence-electron chi connectivity index (χ0n) is 12.6. The van der Waals surface area contributed by atoms with Crippen LogP contribution in [0.15, 0.2) is 0 Å². The standard InChI is InChI=1S/C16H26N2O3/c19-14(20)12-4-6-13(7-5-12)17-15(21)18-10-16(11-18)8-2-1-3-9-16/h12-13H,1-11H2,(H,17,21)(H,19,20). The monoisotopic (exact) mass is 294 g/mol. The molecule has 0 aromatic rings. The van der Waals surface area contributed by atoms with Crippen molar-refractivity contribution in [3.05, 3.63) is 0 Å². The first kappa shape index (κ1) is 14.7. The van der Waals surface area contributed by atoms with Crippen molar-refractivity contribution in [2.75, 3.05) is 13.1 Å².